The van der Waals surface area contributed by atoms with E-state index in [4.69, 9.17) is 11.1 Å². The Morgan fingerprint density at radius 1 is 1.38 bits per heavy atom. The topological polar surface area (TPSA) is 87.2 Å². The lowest BCUT2D eigenvalue weighted by molar-refractivity contribution is 0.310. The monoisotopic (exact) mass is 245 g/mol. The molecule has 0 aromatic rings. The van der Waals surface area contributed by atoms with Gasteiger partial charge in [0.1, 0.15) is 0 Å². The van der Waals surface area contributed by atoms with Gasteiger partial charge in [-0.3, -0.25) is 5.41 Å². The minimum absolute atomic E-state index is 0.0808. The van der Waals surface area contributed by atoms with Crippen LogP contribution in [0.25, 0.3) is 0 Å². The van der Waals surface area contributed by atoms with Crippen LogP contribution < -0.4 is 5.73 Å². The normalized spacial score (nSPS) is 27.9. The second-order valence-electron chi connectivity index (χ2n) is 4.87. The zero-order chi connectivity index (χ0) is 11.8. The number of sulfonamides is 1. The molecule has 2 aliphatic rings. The highest BCUT2D eigenvalue weighted by Gasteiger charge is 2.34. The molecule has 1 atom stereocenters. The first-order chi connectivity index (χ1) is 7.49. The molecule has 1 aliphatic heterocycles. The molecule has 6 heteroatoms. The van der Waals surface area contributed by atoms with Crippen molar-refractivity contribution in [3.05, 3.63) is 0 Å². The molecule has 2 fully saturated rings. The Labute approximate surface area is 96.6 Å². The summed E-state index contributed by atoms with van der Waals surface area (Å²) < 4.78 is 25.6. The van der Waals surface area contributed by atoms with Gasteiger partial charge in [-0.1, -0.05) is 0 Å². The van der Waals surface area contributed by atoms with E-state index in [9.17, 15) is 8.42 Å². The molecule has 2 rings (SSSR count). The first-order valence-corrected chi connectivity index (χ1v) is 7.41. The summed E-state index contributed by atoms with van der Waals surface area (Å²) in [7, 11) is -3.11. The molecule has 1 saturated carbocycles. The van der Waals surface area contributed by atoms with Crippen molar-refractivity contribution in [2.24, 2.45) is 17.6 Å². The van der Waals surface area contributed by atoms with Gasteiger partial charge in [-0.2, -0.15) is 0 Å². The van der Waals surface area contributed by atoms with E-state index in [0.717, 1.165) is 25.7 Å². The number of amidine groups is 1. The van der Waals surface area contributed by atoms with Crippen LogP contribution >= 0.6 is 0 Å². The van der Waals surface area contributed by atoms with Gasteiger partial charge in [0.2, 0.25) is 10.0 Å². The molecule has 0 spiro atoms. The number of hydrogen-bond donors (Lipinski definition) is 2. The molecule has 0 bridgehead atoms. The standard InChI is InChI=1S/C10H19N3O2S/c11-10(12)9-2-1-5-13(6-9)16(14,15)7-8-3-4-8/h8-9H,1-7H2,(H3,11,12). The number of nitrogens with two attached hydrogens (primary N) is 1. The summed E-state index contributed by atoms with van der Waals surface area (Å²) in [5, 5.41) is 7.39. The number of rotatable bonds is 4. The van der Waals surface area contributed by atoms with Crippen LogP contribution in [0.15, 0.2) is 0 Å². The second-order valence-corrected chi connectivity index (χ2v) is 6.89. The number of nitrogens with one attached hydrogen (secondary N) is 1. The maximum absolute atomic E-state index is 12.0. The minimum Gasteiger partial charge on any atom is -0.387 e. The van der Waals surface area contributed by atoms with E-state index < -0.39 is 10.0 Å². The van der Waals surface area contributed by atoms with Gasteiger partial charge in [0.05, 0.1) is 11.6 Å². The van der Waals surface area contributed by atoms with Crippen LogP contribution in [0.4, 0.5) is 0 Å². The third-order valence-corrected chi connectivity index (χ3v) is 5.37. The molecular formula is C10H19N3O2S. The maximum atomic E-state index is 12.0. The Hall–Kier alpha value is -0.620. The van der Waals surface area contributed by atoms with Crippen LogP contribution in [0.2, 0.25) is 0 Å². The maximum Gasteiger partial charge on any atom is 0.214 e. The van der Waals surface area contributed by atoms with Crippen LogP contribution in [0.1, 0.15) is 25.7 Å². The highest BCUT2D eigenvalue weighted by Crippen LogP contribution is 2.32. The summed E-state index contributed by atoms with van der Waals surface area (Å²) in [4.78, 5) is 0. The number of nitrogens with zero attached hydrogens (tertiary/aromatic N) is 1. The van der Waals surface area contributed by atoms with E-state index in [1.807, 2.05) is 0 Å². The van der Waals surface area contributed by atoms with E-state index in [1.165, 1.54) is 4.31 Å². The van der Waals surface area contributed by atoms with E-state index >= 15 is 0 Å². The lowest BCUT2D eigenvalue weighted by atomic mass is 9.99. The first-order valence-electron chi connectivity index (χ1n) is 5.81. The van der Waals surface area contributed by atoms with E-state index in [2.05, 4.69) is 0 Å². The van der Waals surface area contributed by atoms with Crippen molar-refractivity contribution in [1.82, 2.24) is 4.31 Å². The van der Waals surface area contributed by atoms with Crippen LogP contribution in [-0.2, 0) is 10.0 Å². The zero-order valence-electron chi connectivity index (χ0n) is 9.35. The lowest BCUT2D eigenvalue weighted by Crippen LogP contribution is -2.44. The van der Waals surface area contributed by atoms with Crippen LogP contribution in [0.3, 0.4) is 0 Å². The smallest absolute Gasteiger partial charge is 0.214 e. The van der Waals surface area contributed by atoms with Crippen molar-refractivity contribution < 1.29 is 8.42 Å². The van der Waals surface area contributed by atoms with Crippen molar-refractivity contribution in [2.45, 2.75) is 25.7 Å². The third-order valence-electron chi connectivity index (χ3n) is 3.36. The van der Waals surface area contributed by atoms with Crippen LogP contribution in [0, 0.1) is 17.2 Å². The lowest BCUT2D eigenvalue weighted by Gasteiger charge is -2.31. The van der Waals surface area contributed by atoms with Crippen molar-refractivity contribution in [3.8, 4) is 0 Å². The Bertz CT molecular complexity index is 376. The van der Waals surface area contributed by atoms with Gasteiger partial charge in [0.15, 0.2) is 0 Å². The highest BCUT2D eigenvalue weighted by atomic mass is 32.2. The molecule has 0 radical (unpaired) electrons. The first kappa shape index (κ1) is 11.9. The summed E-state index contributed by atoms with van der Waals surface area (Å²) in [6.45, 7) is 1.00. The molecule has 1 heterocycles. The van der Waals surface area contributed by atoms with E-state index in [0.29, 0.717) is 19.0 Å². The van der Waals surface area contributed by atoms with Crippen molar-refractivity contribution in [3.63, 3.8) is 0 Å². The summed E-state index contributed by atoms with van der Waals surface area (Å²) in [5.74, 6) is 0.703. The molecule has 92 valence electrons. The quantitative estimate of drug-likeness (QED) is 0.554. The molecule has 5 nitrogen and oxygen atoms in total. The van der Waals surface area contributed by atoms with E-state index in [-0.39, 0.29) is 17.5 Å². The summed E-state index contributed by atoms with van der Waals surface area (Å²) in [5.41, 5.74) is 5.45. The van der Waals surface area contributed by atoms with Crippen molar-refractivity contribution in [2.75, 3.05) is 18.8 Å². The van der Waals surface area contributed by atoms with Crippen LogP contribution in [-0.4, -0.2) is 37.4 Å². The molecule has 0 amide bonds. The predicted octanol–water partition coefficient (Wildman–Crippen LogP) is 0.374. The fraction of sp³-hybridized carbons (Fsp3) is 0.900. The van der Waals surface area contributed by atoms with Gasteiger partial charge in [0.25, 0.3) is 0 Å². The molecule has 1 unspecified atom stereocenters. The van der Waals surface area contributed by atoms with Gasteiger partial charge in [0, 0.05) is 19.0 Å². The third kappa shape index (κ3) is 2.74. The SMILES string of the molecule is N=C(N)C1CCCN(S(=O)(=O)CC2CC2)C1. The van der Waals surface area contributed by atoms with Gasteiger partial charge >= 0.3 is 0 Å². The largest absolute Gasteiger partial charge is 0.387 e. The van der Waals surface area contributed by atoms with Gasteiger partial charge in [-0.15, -0.1) is 0 Å². The Balaban J connectivity index is 1.99. The average Bonchev–Trinajstić information content (AvgIpc) is 3.01. The fourth-order valence-electron chi connectivity index (χ4n) is 2.14. The van der Waals surface area contributed by atoms with Crippen molar-refractivity contribution in [1.29, 1.82) is 5.41 Å². The Morgan fingerprint density at radius 3 is 2.62 bits per heavy atom. The van der Waals surface area contributed by atoms with E-state index in [1.54, 1.807) is 0 Å². The molecule has 0 aromatic carbocycles. The fourth-order valence-corrected chi connectivity index (χ4v) is 4.09. The number of hydrogen-bond acceptors (Lipinski definition) is 3. The van der Waals surface area contributed by atoms with Crippen LogP contribution in [0.5, 0.6) is 0 Å². The molecule has 3 N–H and O–H groups in total. The molecule has 0 aromatic heterocycles. The summed E-state index contributed by atoms with van der Waals surface area (Å²) >= 11 is 0. The van der Waals surface area contributed by atoms with Gasteiger partial charge in [-0.25, -0.2) is 12.7 Å². The molecule has 16 heavy (non-hydrogen) atoms. The second kappa shape index (κ2) is 4.33. The molecule has 1 aliphatic carbocycles. The van der Waals surface area contributed by atoms with Gasteiger partial charge in [-0.05, 0) is 31.6 Å². The van der Waals surface area contributed by atoms with Gasteiger partial charge < -0.3 is 5.73 Å². The zero-order valence-corrected chi connectivity index (χ0v) is 10.2. The Morgan fingerprint density at radius 2 is 2.06 bits per heavy atom. The minimum atomic E-state index is -3.11. The predicted molar refractivity (Wildman–Crippen MR) is 62.7 cm³/mol. The van der Waals surface area contributed by atoms with Crippen molar-refractivity contribution >= 4 is 15.9 Å². The average molecular weight is 245 g/mol. The summed E-state index contributed by atoms with van der Waals surface area (Å²) in [6, 6.07) is 0. The molecule has 1 saturated heterocycles. The summed E-state index contributed by atoms with van der Waals surface area (Å²) in [6.07, 6.45) is 3.74. The molecular weight excluding hydrogens is 226 g/mol. The Kier molecular flexibility index (Phi) is 3.21. The highest BCUT2D eigenvalue weighted by molar-refractivity contribution is 7.89. The number of piperidine rings is 1.